The number of rotatable bonds is 4. The largest absolute Gasteiger partial charge is 0.461 e. The van der Waals surface area contributed by atoms with Crippen molar-refractivity contribution in [3.63, 3.8) is 0 Å². The van der Waals surface area contributed by atoms with Crippen molar-refractivity contribution in [3.8, 4) is 0 Å². The minimum atomic E-state index is -0.493. The summed E-state index contributed by atoms with van der Waals surface area (Å²) in [6.07, 6.45) is 0. The summed E-state index contributed by atoms with van der Waals surface area (Å²) < 4.78 is 5.06. The van der Waals surface area contributed by atoms with E-state index in [1.807, 2.05) is 30.3 Å². The molecular formula is C18H16N2O3. The Hall–Kier alpha value is -3.08. The van der Waals surface area contributed by atoms with Crippen molar-refractivity contribution in [1.29, 1.82) is 0 Å². The van der Waals surface area contributed by atoms with Crippen LogP contribution in [0.3, 0.4) is 0 Å². The molecular weight excluding hydrogens is 292 g/mol. The third-order valence-electron chi connectivity index (χ3n) is 3.46. The summed E-state index contributed by atoms with van der Waals surface area (Å²) >= 11 is 0. The number of aromatic amines is 1. The molecule has 0 unspecified atom stereocenters. The Morgan fingerprint density at radius 1 is 1.04 bits per heavy atom. The van der Waals surface area contributed by atoms with Gasteiger partial charge in [-0.15, -0.1) is 0 Å². The Morgan fingerprint density at radius 3 is 2.48 bits per heavy atom. The number of H-pyrrole nitrogens is 1. The smallest absolute Gasteiger partial charge is 0.356 e. The quantitative estimate of drug-likeness (QED) is 0.723. The van der Waals surface area contributed by atoms with Gasteiger partial charge in [-0.1, -0.05) is 36.4 Å². The second-order valence-corrected chi connectivity index (χ2v) is 4.96. The van der Waals surface area contributed by atoms with Gasteiger partial charge in [-0.25, -0.2) is 4.79 Å². The number of para-hydroxylation sites is 1. The van der Waals surface area contributed by atoms with E-state index in [4.69, 9.17) is 4.74 Å². The summed E-state index contributed by atoms with van der Waals surface area (Å²) in [5.41, 5.74) is 1.97. The average Bonchev–Trinajstić information content (AvgIpc) is 2.95. The van der Waals surface area contributed by atoms with Crippen LogP contribution in [0, 0.1) is 0 Å². The summed E-state index contributed by atoms with van der Waals surface area (Å²) in [7, 11) is 0. The normalized spacial score (nSPS) is 10.5. The number of benzene rings is 2. The number of hydrogen-bond acceptors (Lipinski definition) is 3. The fourth-order valence-corrected chi connectivity index (χ4v) is 2.40. The molecule has 23 heavy (non-hydrogen) atoms. The van der Waals surface area contributed by atoms with Gasteiger partial charge in [0.2, 0.25) is 0 Å². The van der Waals surface area contributed by atoms with Crippen LogP contribution in [0.1, 0.15) is 27.8 Å². The van der Waals surface area contributed by atoms with Crippen LogP contribution in [0.15, 0.2) is 54.6 Å². The van der Waals surface area contributed by atoms with E-state index >= 15 is 0 Å². The zero-order chi connectivity index (χ0) is 16.2. The molecule has 3 aromatic rings. The molecule has 0 saturated carbocycles. The van der Waals surface area contributed by atoms with E-state index in [2.05, 4.69) is 10.3 Å². The molecule has 3 rings (SSSR count). The van der Waals surface area contributed by atoms with Gasteiger partial charge in [-0.2, -0.15) is 0 Å². The van der Waals surface area contributed by atoms with Gasteiger partial charge >= 0.3 is 5.97 Å². The Kier molecular flexibility index (Phi) is 4.10. The molecule has 1 amide bonds. The topological polar surface area (TPSA) is 71.2 Å². The van der Waals surface area contributed by atoms with Gasteiger partial charge < -0.3 is 15.0 Å². The molecule has 0 saturated heterocycles. The Morgan fingerprint density at radius 2 is 1.74 bits per heavy atom. The van der Waals surface area contributed by atoms with Crippen molar-refractivity contribution in [2.75, 3.05) is 11.9 Å². The third-order valence-corrected chi connectivity index (χ3v) is 3.46. The molecule has 0 bridgehead atoms. The number of esters is 1. The van der Waals surface area contributed by atoms with Crippen molar-refractivity contribution < 1.29 is 14.3 Å². The highest BCUT2D eigenvalue weighted by Crippen LogP contribution is 2.28. The molecule has 0 fully saturated rings. The third kappa shape index (κ3) is 2.94. The fourth-order valence-electron chi connectivity index (χ4n) is 2.40. The number of ether oxygens (including phenoxy) is 1. The molecule has 0 aliphatic heterocycles. The van der Waals surface area contributed by atoms with Crippen LogP contribution in [-0.2, 0) is 4.74 Å². The van der Waals surface area contributed by atoms with Crippen molar-refractivity contribution in [3.05, 3.63) is 65.9 Å². The lowest BCUT2D eigenvalue weighted by molar-refractivity contribution is 0.0522. The number of amides is 1. The lowest BCUT2D eigenvalue weighted by atomic mass is 10.2. The minimum Gasteiger partial charge on any atom is -0.461 e. The van der Waals surface area contributed by atoms with Crippen LogP contribution < -0.4 is 5.32 Å². The number of fused-ring (bicyclic) bond motifs is 1. The number of aromatic nitrogens is 1. The van der Waals surface area contributed by atoms with Crippen LogP contribution in [0.5, 0.6) is 0 Å². The summed E-state index contributed by atoms with van der Waals surface area (Å²) in [5, 5.41) is 3.58. The molecule has 2 aromatic carbocycles. The number of carbonyl (C=O) groups excluding carboxylic acids is 2. The lowest BCUT2D eigenvalue weighted by Crippen LogP contribution is -2.15. The van der Waals surface area contributed by atoms with E-state index in [1.165, 1.54) is 0 Å². The van der Waals surface area contributed by atoms with Crippen LogP contribution in [-0.4, -0.2) is 23.5 Å². The zero-order valence-electron chi connectivity index (χ0n) is 12.6. The highest BCUT2D eigenvalue weighted by molar-refractivity contribution is 6.14. The summed E-state index contributed by atoms with van der Waals surface area (Å²) in [6.45, 7) is 2.00. The maximum atomic E-state index is 12.4. The first kappa shape index (κ1) is 14.8. The first-order valence-electron chi connectivity index (χ1n) is 7.35. The number of carbonyl (C=O) groups is 2. The standard InChI is InChI=1S/C18H16N2O3/c1-2-23-18(22)16-15(13-10-6-7-11-14(13)19-16)20-17(21)12-8-4-3-5-9-12/h3-11,19H,2H2,1H3,(H,20,21). The number of nitrogens with one attached hydrogen (secondary N) is 2. The van der Waals surface area contributed by atoms with Gasteiger partial charge in [0.25, 0.3) is 5.91 Å². The van der Waals surface area contributed by atoms with Gasteiger partial charge in [-0.3, -0.25) is 4.79 Å². The fraction of sp³-hybridized carbons (Fsp3) is 0.111. The first-order chi connectivity index (χ1) is 11.2. The predicted octanol–water partition coefficient (Wildman–Crippen LogP) is 3.60. The average molecular weight is 308 g/mol. The maximum absolute atomic E-state index is 12.4. The van der Waals surface area contributed by atoms with Crippen LogP contribution in [0.2, 0.25) is 0 Å². The molecule has 0 radical (unpaired) electrons. The van der Waals surface area contributed by atoms with Gasteiger partial charge in [0.05, 0.1) is 12.3 Å². The maximum Gasteiger partial charge on any atom is 0.356 e. The van der Waals surface area contributed by atoms with E-state index in [9.17, 15) is 9.59 Å². The molecule has 0 aliphatic rings. The van der Waals surface area contributed by atoms with Crippen molar-refractivity contribution in [1.82, 2.24) is 4.98 Å². The molecule has 5 heteroatoms. The molecule has 0 atom stereocenters. The Bertz CT molecular complexity index is 853. The molecule has 1 aromatic heterocycles. The van der Waals surface area contributed by atoms with Crippen LogP contribution in [0.4, 0.5) is 5.69 Å². The SMILES string of the molecule is CCOC(=O)c1[nH]c2ccccc2c1NC(=O)c1ccccc1. The molecule has 0 spiro atoms. The Labute approximate surface area is 133 Å². The molecule has 0 aliphatic carbocycles. The minimum absolute atomic E-state index is 0.248. The van der Waals surface area contributed by atoms with Crippen molar-refractivity contribution in [2.45, 2.75) is 6.92 Å². The van der Waals surface area contributed by atoms with E-state index < -0.39 is 5.97 Å². The molecule has 1 heterocycles. The monoisotopic (exact) mass is 308 g/mol. The second kappa shape index (κ2) is 6.36. The van der Waals surface area contributed by atoms with Gasteiger partial charge in [0, 0.05) is 16.5 Å². The second-order valence-electron chi connectivity index (χ2n) is 4.96. The van der Waals surface area contributed by atoms with Gasteiger partial charge in [-0.05, 0) is 25.1 Å². The van der Waals surface area contributed by atoms with E-state index in [1.54, 1.807) is 31.2 Å². The van der Waals surface area contributed by atoms with Gasteiger partial charge in [0.15, 0.2) is 0 Å². The summed E-state index contributed by atoms with van der Waals surface area (Å²) in [4.78, 5) is 27.6. The van der Waals surface area contributed by atoms with Crippen LogP contribution in [0.25, 0.3) is 10.9 Å². The van der Waals surface area contributed by atoms with Crippen molar-refractivity contribution >= 4 is 28.5 Å². The molecule has 5 nitrogen and oxygen atoms in total. The van der Waals surface area contributed by atoms with Gasteiger partial charge in [0.1, 0.15) is 5.69 Å². The predicted molar refractivity (Wildman–Crippen MR) is 88.7 cm³/mol. The van der Waals surface area contributed by atoms with E-state index in [0.717, 1.165) is 10.9 Å². The first-order valence-corrected chi connectivity index (χ1v) is 7.35. The molecule has 2 N–H and O–H groups in total. The summed E-state index contributed by atoms with van der Waals surface area (Å²) in [5.74, 6) is -0.770. The number of hydrogen-bond donors (Lipinski definition) is 2. The van der Waals surface area contributed by atoms with Crippen molar-refractivity contribution in [2.24, 2.45) is 0 Å². The Balaban J connectivity index is 2.02. The number of anilines is 1. The van der Waals surface area contributed by atoms with E-state index in [-0.39, 0.29) is 18.2 Å². The molecule has 116 valence electrons. The highest BCUT2D eigenvalue weighted by atomic mass is 16.5. The van der Waals surface area contributed by atoms with Crippen LogP contribution >= 0.6 is 0 Å². The zero-order valence-corrected chi connectivity index (χ0v) is 12.6. The summed E-state index contributed by atoms with van der Waals surface area (Å²) in [6, 6.07) is 16.2. The lowest BCUT2D eigenvalue weighted by Gasteiger charge is -2.07. The highest BCUT2D eigenvalue weighted by Gasteiger charge is 2.20. The van der Waals surface area contributed by atoms with E-state index in [0.29, 0.717) is 11.3 Å².